The predicted molar refractivity (Wildman–Crippen MR) is 74.9 cm³/mol. The van der Waals surface area contributed by atoms with Crippen LogP contribution in [0.1, 0.15) is 25.3 Å². The highest BCUT2D eigenvalue weighted by molar-refractivity contribution is 5.76. The van der Waals surface area contributed by atoms with Gasteiger partial charge in [-0.2, -0.15) is 0 Å². The van der Waals surface area contributed by atoms with Gasteiger partial charge in [0.25, 0.3) is 0 Å². The van der Waals surface area contributed by atoms with Crippen molar-refractivity contribution >= 4 is 5.69 Å². The van der Waals surface area contributed by atoms with Crippen LogP contribution in [0.25, 0.3) is 11.1 Å². The Morgan fingerprint density at radius 3 is 2.44 bits per heavy atom. The van der Waals surface area contributed by atoms with Gasteiger partial charge in [-0.3, -0.25) is 0 Å². The summed E-state index contributed by atoms with van der Waals surface area (Å²) in [5.74, 6) is -0.255. The lowest BCUT2D eigenvalue weighted by Crippen LogP contribution is -1.91. The third-order valence-corrected chi connectivity index (χ3v) is 3.10. The van der Waals surface area contributed by atoms with E-state index in [1.165, 1.54) is 30.5 Å². The van der Waals surface area contributed by atoms with Crippen LogP contribution in [0.2, 0.25) is 0 Å². The summed E-state index contributed by atoms with van der Waals surface area (Å²) >= 11 is 0. The molecule has 0 atom stereocenters. The number of benzene rings is 2. The van der Waals surface area contributed by atoms with Crippen LogP contribution < -0.4 is 5.73 Å². The minimum atomic E-state index is -0.255. The average Bonchev–Trinajstić information content (AvgIpc) is 2.40. The number of anilines is 1. The second-order valence-electron chi connectivity index (χ2n) is 4.53. The maximum Gasteiger partial charge on any atom is 0.123 e. The summed E-state index contributed by atoms with van der Waals surface area (Å²) < 4.78 is 13.2. The lowest BCUT2D eigenvalue weighted by Gasteiger charge is -2.07. The molecule has 0 radical (unpaired) electrons. The molecule has 0 amide bonds. The van der Waals surface area contributed by atoms with Crippen LogP contribution in [0.5, 0.6) is 0 Å². The largest absolute Gasteiger partial charge is 0.398 e. The van der Waals surface area contributed by atoms with Crippen LogP contribution in [0.15, 0.2) is 42.5 Å². The van der Waals surface area contributed by atoms with E-state index in [1.54, 1.807) is 6.07 Å². The molecule has 0 aliphatic heterocycles. The van der Waals surface area contributed by atoms with E-state index in [-0.39, 0.29) is 5.82 Å². The molecule has 2 rings (SSSR count). The molecule has 1 nitrogen and oxygen atoms in total. The first-order valence-corrected chi connectivity index (χ1v) is 6.35. The Morgan fingerprint density at radius 2 is 1.78 bits per heavy atom. The first-order valence-electron chi connectivity index (χ1n) is 6.35. The fourth-order valence-corrected chi connectivity index (χ4v) is 2.01. The number of hydrogen-bond donors (Lipinski definition) is 1. The molecule has 94 valence electrons. The highest BCUT2D eigenvalue weighted by atomic mass is 19.1. The number of aryl methyl sites for hydroxylation is 1. The maximum atomic E-state index is 13.2. The normalized spacial score (nSPS) is 10.6. The smallest absolute Gasteiger partial charge is 0.123 e. The molecule has 0 bridgehead atoms. The third kappa shape index (κ3) is 2.89. The molecule has 2 aromatic carbocycles. The molecule has 0 aliphatic carbocycles. The van der Waals surface area contributed by atoms with Gasteiger partial charge in [-0.1, -0.05) is 37.6 Å². The molecule has 2 heteroatoms. The van der Waals surface area contributed by atoms with Crippen LogP contribution >= 0.6 is 0 Å². The van der Waals surface area contributed by atoms with Gasteiger partial charge >= 0.3 is 0 Å². The zero-order valence-electron chi connectivity index (χ0n) is 10.6. The summed E-state index contributed by atoms with van der Waals surface area (Å²) in [5, 5.41) is 0. The topological polar surface area (TPSA) is 26.0 Å². The Hall–Kier alpha value is -1.83. The van der Waals surface area contributed by atoms with E-state index in [0.29, 0.717) is 5.69 Å². The van der Waals surface area contributed by atoms with Crippen molar-refractivity contribution in [3.05, 3.63) is 53.8 Å². The summed E-state index contributed by atoms with van der Waals surface area (Å²) in [5.41, 5.74) is 9.52. The van der Waals surface area contributed by atoms with Gasteiger partial charge in [0.05, 0.1) is 0 Å². The highest BCUT2D eigenvalue weighted by Gasteiger charge is 2.04. The van der Waals surface area contributed by atoms with Crippen molar-refractivity contribution in [3.8, 4) is 11.1 Å². The van der Waals surface area contributed by atoms with Crippen LogP contribution in [0.4, 0.5) is 10.1 Å². The first-order chi connectivity index (χ1) is 8.70. The summed E-state index contributed by atoms with van der Waals surface area (Å²) in [6.45, 7) is 2.18. The molecule has 18 heavy (non-hydrogen) atoms. The van der Waals surface area contributed by atoms with Crippen LogP contribution in [0.3, 0.4) is 0 Å². The van der Waals surface area contributed by atoms with Gasteiger partial charge in [-0.05, 0) is 42.2 Å². The summed E-state index contributed by atoms with van der Waals surface area (Å²) in [6, 6.07) is 12.7. The Balaban J connectivity index is 2.25. The number of rotatable bonds is 4. The quantitative estimate of drug-likeness (QED) is 0.790. The molecule has 0 saturated carbocycles. The monoisotopic (exact) mass is 243 g/mol. The van der Waals surface area contributed by atoms with Gasteiger partial charge in [0.15, 0.2) is 0 Å². The van der Waals surface area contributed by atoms with E-state index in [4.69, 9.17) is 5.73 Å². The van der Waals surface area contributed by atoms with Gasteiger partial charge in [0.1, 0.15) is 5.82 Å². The molecule has 0 aromatic heterocycles. The Bertz CT molecular complexity index is 517. The maximum absolute atomic E-state index is 13.2. The zero-order valence-corrected chi connectivity index (χ0v) is 10.6. The van der Waals surface area contributed by atoms with E-state index < -0.39 is 0 Å². The number of unbranched alkanes of at least 4 members (excludes halogenated alkanes) is 1. The molecule has 2 aromatic rings. The van der Waals surface area contributed by atoms with Crippen molar-refractivity contribution in [1.29, 1.82) is 0 Å². The molecule has 0 heterocycles. The van der Waals surface area contributed by atoms with Gasteiger partial charge in [0.2, 0.25) is 0 Å². The summed E-state index contributed by atoms with van der Waals surface area (Å²) in [4.78, 5) is 0. The van der Waals surface area contributed by atoms with Gasteiger partial charge in [-0.25, -0.2) is 4.39 Å². The molecule has 0 spiro atoms. The van der Waals surface area contributed by atoms with E-state index >= 15 is 0 Å². The lowest BCUT2D eigenvalue weighted by atomic mass is 10.0. The number of nitrogen functional groups attached to an aromatic ring is 1. The fourth-order valence-electron chi connectivity index (χ4n) is 2.01. The van der Waals surface area contributed by atoms with E-state index in [2.05, 4.69) is 19.1 Å². The molecule has 0 saturated heterocycles. The van der Waals surface area contributed by atoms with E-state index in [1.807, 2.05) is 12.1 Å². The summed E-state index contributed by atoms with van der Waals surface area (Å²) in [6.07, 6.45) is 3.48. The Morgan fingerprint density at radius 1 is 1.06 bits per heavy atom. The van der Waals surface area contributed by atoms with Gasteiger partial charge in [0, 0.05) is 11.3 Å². The van der Waals surface area contributed by atoms with Crippen molar-refractivity contribution in [2.24, 2.45) is 0 Å². The lowest BCUT2D eigenvalue weighted by molar-refractivity contribution is 0.628. The number of nitrogens with two attached hydrogens (primary N) is 1. The number of halogens is 1. The highest BCUT2D eigenvalue weighted by Crippen LogP contribution is 2.27. The molecule has 0 aliphatic rings. The van der Waals surface area contributed by atoms with E-state index in [9.17, 15) is 4.39 Å². The molecule has 0 fully saturated rings. The standard InChI is InChI=1S/C16H18FN/c1-2-3-4-12-5-7-13(8-6-12)15-11-14(17)9-10-16(15)18/h5-11H,2-4,18H2,1H3. The molecular weight excluding hydrogens is 225 g/mol. The van der Waals surface area contributed by atoms with Crippen molar-refractivity contribution in [2.45, 2.75) is 26.2 Å². The Labute approximate surface area is 107 Å². The molecular formula is C16H18FN. The second-order valence-corrected chi connectivity index (χ2v) is 4.53. The van der Waals surface area contributed by atoms with Crippen LogP contribution in [0, 0.1) is 5.82 Å². The minimum absolute atomic E-state index is 0.255. The first kappa shape index (κ1) is 12.6. The second kappa shape index (κ2) is 5.67. The van der Waals surface area contributed by atoms with Gasteiger partial charge < -0.3 is 5.73 Å². The predicted octanol–water partition coefficient (Wildman–Crippen LogP) is 4.42. The number of hydrogen-bond acceptors (Lipinski definition) is 1. The van der Waals surface area contributed by atoms with Crippen molar-refractivity contribution in [2.75, 3.05) is 5.73 Å². The zero-order chi connectivity index (χ0) is 13.0. The van der Waals surface area contributed by atoms with Crippen LogP contribution in [-0.4, -0.2) is 0 Å². The van der Waals surface area contributed by atoms with Crippen molar-refractivity contribution < 1.29 is 4.39 Å². The van der Waals surface area contributed by atoms with E-state index in [0.717, 1.165) is 17.5 Å². The Kier molecular flexibility index (Phi) is 3.98. The minimum Gasteiger partial charge on any atom is -0.398 e. The SMILES string of the molecule is CCCCc1ccc(-c2cc(F)ccc2N)cc1. The van der Waals surface area contributed by atoms with Crippen molar-refractivity contribution in [3.63, 3.8) is 0 Å². The average molecular weight is 243 g/mol. The van der Waals surface area contributed by atoms with Gasteiger partial charge in [-0.15, -0.1) is 0 Å². The van der Waals surface area contributed by atoms with Crippen LogP contribution in [-0.2, 0) is 6.42 Å². The fraction of sp³-hybridized carbons (Fsp3) is 0.250. The summed E-state index contributed by atoms with van der Waals surface area (Å²) in [7, 11) is 0. The van der Waals surface area contributed by atoms with Crippen molar-refractivity contribution in [1.82, 2.24) is 0 Å². The molecule has 2 N–H and O–H groups in total. The third-order valence-electron chi connectivity index (χ3n) is 3.10. The molecule has 0 unspecified atom stereocenters.